The maximum atomic E-state index is 5.46. The fourth-order valence-electron chi connectivity index (χ4n) is 3.04. The molecule has 0 aromatic heterocycles. The Balaban J connectivity index is 1.55. The molecule has 0 bridgehead atoms. The van der Waals surface area contributed by atoms with Crippen LogP contribution in [0.15, 0.2) is 48.5 Å². The summed E-state index contributed by atoms with van der Waals surface area (Å²) in [7, 11) is 0. The molecule has 2 aromatic carbocycles. The molecule has 0 saturated carbocycles. The van der Waals surface area contributed by atoms with Crippen molar-refractivity contribution in [3.63, 3.8) is 0 Å². The van der Waals surface area contributed by atoms with Gasteiger partial charge < -0.3 is 9.64 Å². The summed E-state index contributed by atoms with van der Waals surface area (Å²) in [6, 6.07) is 17.7. The lowest BCUT2D eigenvalue weighted by atomic mass is 10.1. The largest absolute Gasteiger partial charge is 0.377 e. The molecule has 2 nitrogen and oxygen atoms in total. The van der Waals surface area contributed by atoms with Gasteiger partial charge in [0.1, 0.15) is 4.95 Å². The minimum atomic E-state index is 0.278. The summed E-state index contributed by atoms with van der Waals surface area (Å²) in [4.78, 5) is 2.63. The summed E-state index contributed by atoms with van der Waals surface area (Å²) in [5.74, 6) is 0.531. The second-order valence-corrected chi connectivity index (χ2v) is 6.41. The van der Waals surface area contributed by atoms with Crippen LogP contribution in [-0.4, -0.2) is 24.7 Å². The quantitative estimate of drug-likeness (QED) is 0.524. The average Bonchev–Trinajstić information content (AvgIpc) is 3.22. The van der Waals surface area contributed by atoms with Gasteiger partial charge in [-0.25, -0.2) is 0 Å². The second kappa shape index (κ2) is 4.90. The van der Waals surface area contributed by atoms with Gasteiger partial charge in [0.15, 0.2) is 0 Å². The summed E-state index contributed by atoms with van der Waals surface area (Å²) < 4.78 is 5.46. The van der Waals surface area contributed by atoms with E-state index in [1.54, 1.807) is 0 Å². The van der Waals surface area contributed by atoms with E-state index < -0.39 is 0 Å². The molecule has 1 aliphatic heterocycles. The molecule has 102 valence electrons. The van der Waals surface area contributed by atoms with Gasteiger partial charge in [0.25, 0.3) is 0 Å². The number of rotatable bonds is 2. The molecule has 1 unspecified atom stereocenters. The predicted octanol–water partition coefficient (Wildman–Crippen LogP) is 3.74. The Labute approximate surface area is 127 Å². The first kappa shape index (κ1) is 12.4. The molecule has 2 aromatic rings. The van der Waals surface area contributed by atoms with Crippen LogP contribution in [0.1, 0.15) is 22.6 Å². The number of halogens is 1. The second-order valence-electron chi connectivity index (χ2n) is 5.36. The van der Waals surface area contributed by atoms with E-state index in [4.69, 9.17) is 4.74 Å². The molecular weight excluding hydrogens is 314 g/mol. The number of anilines is 1. The Hall–Kier alpha value is -1.32. The van der Waals surface area contributed by atoms with Crippen molar-refractivity contribution in [2.45, 2.75) is 10.9 Å². The third-order valence-corrected chi connectivity index (χ3v) is 4.92. The van der Waals surface area contributed by atoms with Crippen LogP contribution in [0.2, 0.25) is 0 Å². The zero-order valence-corrected chi connectivity index (χ0v) is 12.7. The van der Waals surface area contributed by atoms with E-state index in [9.17, 15) is 0 Å². The molecule has 20 heavy (non-hydrogen) atoms. The van der Waals surface area contributed by atoms with E-state index in [2.05, 4.69) is 69.4 Å². The van der Waals surface area contributed by atoms with Gasteiger partial charge in [-0.3, -0.25) is 0 Å². The lowest BCUT2D eigenvalue weighted by Crippen LogP contribution is -2.41. The van der Waals surface area contributed by atoms with Crippen molar-refractivity contribution in [3.05, 3.63) is 65.2 Å². The zero-order chi connectivity index (χ0) is 13.5. The van der Waals surface area contributed by atoms with Crippen molar-refractivity contribution in [2.75, 3.05) is 24.7 Å². The normalized spacial score (nSPS) is 21.6. The Bertz CT molecular complexity index is 602. The van der Waals surface area contributed by atoms with Crippen molar-refractivity contribution < 1.29 is 4.74 Å². The Morgan fingerprint density at radius 3 is 2.35 bits per heavy atom. The highest BCUT2D eigenvalue weighted by Gasteiger charge is 2.33. The SMILES string of the molecule is BrC1COCCN1c1ccc(C2c3ccccc32)cc1. The van der Waals surface area contributed by atoms with Crippen molar-refractivity contribution >= 4 is 21.6 Å². The minimum Gasteiger partial charge on any atom is -0.377 e. The fraction of sp³-hybridized carbons (Fsp3) is 0.294. The van der Waals surface area contributed by atoms with Gasteiger partial charge in [0, 0.05) is 18.2 Å². The van der Waals surface area contributed by atoms with E-state index in [0.29, 0.717) is 5.92 Å². The highest BCUT2D eigenvalue weighted by Crippen LogP contribution is 2.48. The van der Waals surface area contributed by atoms with E-state index in [-0.39, 0.29) is 4.95 Å². The lowest BCUT2D eigenvalue weighted by Gasteiger charge is -2.34. The van der Waals surface area contributed by atoms with Crippen LogP contribution >= 0.6 is 15.9 Å². The number of hydrogen-bond donors (Lipinski definition) is 0. The monoisotopic (exact) mass is 329 g/mol. The number of fused-ring (bicyclic) bond motifs is 1. The van der Waals surface area contributed by atoms with Crippen LogP contribution in [0.5, 0.6) is 0 Å². The molecule has 4 rings (SSSR count). The summed E-state index contributed by atoms with van der Waals surface area (Å²) in [6.07, 6.45) is 0. The van der Waals surface area contributed by atoms with E-state index in [1.165, 1.54) is 22.4 Å². The Morgan fingerprint density at radius 1 is 1.00 bits per heavy atom. The van der Waals surface area contributed by atoms with Gasteiger partial charge in [-0.2, -0.15) is 0 Å². The van der Waals surface area contributed by atoms with Gasteiger partial charge in [0.2, 0.25) is 0 Å². The summed E-state index contributed by atoms with van der Waals surface area (Å²) >= 11 is 3.68. The fourth-order valence-corrected chi connectivity index (χ4v) is 3.67. The zero-order valence-electron chi connectivity index (χ0n) is 11.1. The number of alkyl halides is 1. The number of ether oxygens (including phenoxy) is 1. The first-order valence-corrected chi connectivity index (χ1v) is 7.93. The van der Waals surface area contributed by atoms with Crippen molar-refractivity contribution in [2.24, 2.45) is 0 Å². The maximum Gasteiger partial charge on any atom is 0.108 e. The molecular formula is C17H16BrNO. The van der Waals surface area contributed by atoms with Crippen LogP contribution in [-0.2, 0) is 4.74 Å². The molecule has 1 aliphatic carbocycles. The Morgan fingerprint density at radius 2 is 1.70 bits per heavy atom. The number of morpholine rings is 1. The molecule has 1 atom stereocenters. The average molecular weight is 330 g/mol. The molecule has 1 heterocycles. The highest BCUT2D eigenvalue weighted by molar-refractivity contribution is 9.09. The smallest absolute Gasteiger partial charge is 0.108 e. The van der Waals surface area contributed by atoms with Crippen molar-refractivity contribution in [1.29, 1.82) is 0 Å². The minimum absolute atomic E-state index is 0.278. The standard InChI is InChI=1S/C17H16BrNO/c18-16-11-20-10-9-19(16)13-7-5-12(6-8-13)17-14-3-1-2-4-15(14)17/h1-8,16-17H,9-11H2. The number of hydrogen-bond acceptors (Lipinski definition) is 2. The van der Waals surface area contributed by atoms with Gasteiger partial charge in [-0.15, -0.1) is 0 Å². The molecule has 3 heteroatoms. The Kier molecular flexibility index (Phi) is 3.04. The van der Waals surface area contributed by atoms with Crippen LogP contribution in [0.4, 0.5) is 5.69 Å². The molecule has 0 N–H and O–H groups in total. The van der Waals surface area contributed by atoms with Gasteiger partial charge >= 0.3 is 0 Å². The molecule has 0 spiro atoms. The third kappa shape index (κ3) is 2.05. The van der Waals surface area contributed by atoms with Crippen molar-refractivity contribution in [1.82, 2.24) is 0 Å². The molecule has 1 saturated heterocycles. The van der Waals surface area contributed by atoms with Crippen molar-refractivity contribution in [3.8, 4) is 0 Å². The van der Waals surface area contributed by atoms with E-state index >= 15 is 0 Å². The summed E-state index contributed by atoms with van der Waals surface area (Å²) in [5.41, 5.74) is 5.62. The number of nitrogens with zero attached hydrogens (tertiary/aromatic N) is 1. The third-order valence-electron chi connectivity index (χ3n) is 4.16. The number of benzene rings is 2. The first-order chi connectivity index (χ1) is 9.84. The topological polar surface area (TPSA) is 12.5 Å². The summed E-state index contributed by atoms with van der Waals surface area (Å²) in [5, 5.41) is 0. The first-order valence-electron chi connectivity index (χ1n) is 7.02. The molecule has 0 radical (unpaired) electrons. The van der Waals surface area contributed by atoms with Crippen LogP contribution in [0, 0.1) is 0 Å². The maximum absolute atomic E-state index is 5.46. The van der Waals surface area contributed by atoms with Crippen LogP contribution < -0.4 is 4.90 Å². The van der Waals surface area contributed by atoms with Crippen LogP contribution in [0.3, 0.4) is 0 Å². The van der Waals surface area contributed by atoms with Gasteiger partial charge in [0.05, 0.1) is 13.2 Å². The van der Waals surface area contributed by atoms with E-state index in [0.717, 1.165) is 19.8 Å². The molecule has 1 fully saturated rings. The molecule has 2 aliphatic rings. The van der Waals surface area contributed by atoms with Gasteiger partial charge in [-0.1, -0.05) is 52.3 Å². The molecule has 0 amide bonds. The van der Waals surface area contributed by atoms with E-state index in [1.807, 2.05) is 0 Å². The predicted molar refractivity (Wildman–Crippen MR) is 84.7 cm³/mol. The lowest BCUT2D eigenvalue weighted by molar-refractivity contribution is 0.116. The summed E-state index contributed by atoms with van der Waals surface area (Å²) in [6.45, 7) is 2.49. The van der Waals surface area contributed by atoms with Gasteiger partial charge in [-0.05, 0) is 28.8 Å². The highest BCUT2D eigenvalue weighted by atomic mass is 79.9. The van der Waals surface area contributed by atoms with Crippen LogP contribution in [0.25, 0.3) is 0 Å².